The zero-order chi connectivity index (χ0) is 12.0. The van der Waals surface area contributed by atoms with E-state index in [4.69, 9.17) is 16.3 Å². The van der Waals surface area contributed by atoms with Gasteiger partial charge in [-0.25, -0.2) is 4.98 Å². The van der Waals surface area contributed by atoms with E-state index in [0.29, 0.717) is 23.3 Å². The summed E-state index contributed by atoms with van der Waals surface area (Å²) in [5, 5.41) is 0.567. The van der Waals surface area contributed by atoms with E-state index in [0.717, 1.165) is 22.9 Å². The standard InChI is InChI=1S/C11H8BrClN2O2/c12-6-4-7-8(10(16)15-11(13)14-7)9-5(6)2-1-3-17-9/h4H,1-3H2,(H,14,15,16). The van der Waals surface area contributed by atoms with Crippen molar-refractivity contribution < 1.29 is 4.74 Å². The predicted octanol–water partition coefficient (Wildman–Crippen LogP) is 2.66. The van der Waals surface area contributed by atoms with Gasteiger partial charge < -0.3 is 4.74 Å². The lowest BCUT2D eigenvalue weighted by atomic mass is 10.0. The van der Waals surface area contributed by atoms with Crippen LogP contribution in [0.15, 0.2) is 15.3 Å². The number of halogens is 2. The van der Waals surface area contributed by atoms with Crippen molar-refractivity contribution in [3.8, 4) is 5.75 Å². The molecule has 0 fully saturated rings. The molecule has 0 spiro atoms. The van der Waals surface area contributed by atoms with E-state index in [9.17, 15) is 4.79 Å². The molecule has 1 aromatic heterocycles. The van der Waals surface area contributed by atoms with Crippen LogP contribution in [0.5, 0.6) is 5.75 Å². The third-order valence-corrected chi connectivity index (χ3v) is 3.68. The summed E-state index contributed by atoms with van der Waals surface area (Å²) in [7, 11) is 0. The van der Waals surface area contributed by atoms with E-state index >= 15 is 0 Å². The molecular formula is C11H8BrClN2O2. The Bertz CT molecular complexity index is 669. The molecule has 1 aliphatic heterocycles. The van der Waals surface area contributed by atoms with Gasteiger partial charge in [0, 0.05) is 10.0 Å². The monoisotopic (exact) mass is 314 g/mol. The third-order valence-electron chi connectivity index (χ3n) is 2.79. The van der Waals surface area contributed by atoms with Crippen molar-refractivity contribution in [1.29, 1.82) is 0 Å². The first-order chi connectivity index (χ1) is 8.16. The van der Waals surface area contributed by atoms with Gasteiger partial charge in [0.25, 0.3) is 5.56 Å². The minimum absolute atomic E-state index is 0.0881. The average molecular weight is 316 g/mol. The maximum Gasteiger partial charge on any atom is 0.263 e. The highest BCUT2D eigenvalue weighted by atomic mass is 79.9. The van der Waals surface area contributed by atoms with Gasteiger partial charge in [-0.1, -0.05) is 15.9 Å². The molecule has 1 aromatic carbocycles. The summed E-state index contributed by atoms with van der Waals surface area (Å²) in [6, 6.07) is 1.81. The normalized spacial score (nSPS) is 14.5. The predicted molar refractivity (Wildman–Crippen MR) is 68.9 cm³/mol. The second-order valence-corrected chi connectivity index (χ2v) is 5.08. The van der Waals surface area contributed by atoms with Crippen LogP contribution in [0.4, 0.5) is 0 Å². The number of ether oxygens (including phenoxy) is 1. The maximum absolute atomic E-state index is 11.9. The lowest BCUT2D eigenvalue weighted by Crippen LogP contribution is -2.15. The van der Waals surface area contributed by atoms with Gasteiger partial charge >= 0.3 is 0 Å². The molecule has 2 heterocycles. The van der Waals surface area contributed by atoms with Gasteiger partial charge in [-0.2, -0.15) is 0 Å². The van der Waals surface area contributed by atoms with Gasteiger partial charge in [0.15, 0.2) is 0 Å². The molecule has 88 valence electrons. The maximum atomic E-state index is 11.9. The number of aromatic amines is 1. The van der Waals surface area contributed by atoms with E-state index in [-0.39, 0.29) is 10.8 Å². The van der Waals surface area contributed by atoms with Gasteiger partial charge in [-0.3, -0.25) is 9.78 Å². The van der Waals surface area contributed by atoms with Crippen molar-refractivity contribution in [2.45, 2.75) is 12.8 Å². The number of H-pyrrole nitrogens is 1. The Morgan fingerprint density at radius 3 is 3.18 bits per heavy atom. The van der Waals surface area contributed by atoms with Gasteiger partial charge in [-0.05, 0) is 30.5 Å². The number of nitrogens with zero attached hydrogens (tertiary/aromatic N) is 1. The SMILES string of the molecule is O=c1[nH]c(Cl)nc2cc(Br)c3c(c12)OCCC3. The molecule has 0 unspecified atom stereocenters. The van der Waals surface area contributed by atoms with Crippen LogP contribution in [0.2, 0.25) is 5.28 Å². The smallest absolute Gasteiger partial charge is 0.263 e. The number of nitrogens with one attached hydrogen (secondary N) is 1. The highest BCUT2D eigenvalue weighted by Gasteiger charge is 2.20. The third kappa shape index (κ3) is 1.73. The van der Waals surface area contributed by atoms with Gasteiger partial charge in [0.1, 0.15) is 11.1 Å². The van der Waals surface area contributed by atoms with Crippen LogP contribution in [-0.4, -0.2) is 16.6 Å². The molecule has 1 N–H and O–H groups in total. The lowest BCUT2D eigenvalue weighted by molar-refractivity contribution is 0.291. The van der Waals surface area contributed by atoms with Gasteiger partial charge in [0.2, 0.25) is 5.28 Å². The Hall–Kier alpha value is -1.07. The minimum Gasteiger partial charge on any atom is -0.492 e. The van der Waals surface area contributed by atoms with Crippen molar-refractivity contribution in [3.63, 3.8) is 0 Å². The van der Waals surface area contributed by atoms with Gasteiger partial charge in [0.05, 0.1) is 12.1 Å². The molecule has 1 aliphatic rings. The summed E-state index contributed by atoms with van der Waals surface area (Å²) in [6.07, 6.45) is 1.85. The Morgan fingerprint density at radius 1 is 1.53 bits per heavy atom. The quantitative estimate of drug-likeness (QED) is 0.760. The molecule has 3 rings (SSSR count). The summed E-state index contributed by atoms with van der Waals surface area (Å²) >= 11 is 9.21. The van der Waals surface area contributed by atoms with E-state index in [1.807, 2.05) is 6.07 Å². The summed E-state index contributed by atoms with van der Waals surface area (Å²) in [5.41, 5.74) is 1.32. The summed E-state index contributed by atoms with van der Waals surface area (Å²) in [6.45, 7) is 0.626. The number of hydrogen-bond donors (Lipinski definition) is 1. The molecule has 0 radical (unpaired) electrons. The molecular weight excluding hydrogens is 307 g/mol. The fourth-order valence-electron chi connectivity index (χ4n) is 2.07. The second-order valence-electron chi connectivity index (χ2n) is 3.87. The molecule has 0 bridgehead atoms. The van der Waals surface area contributed by atoms with Crippen molar-refractivity contribution in [3.05, 3.63) is 31.7 Å². The van der Waals surface area contributed by atoms with Crippen molar-refractivity contribution in [2.24, 2.45) is 0 Å². The van der Waals surface area contributed by atoms with Crippen LogP contribution in [0.25, 0.3) is 10.9 Å². The Balaban J connectivity index is 2.47. The highest BCUT2D eigenvalue weighted by Crippen LogP contribution is 2.36. The Kier molecular flexibility index (Phi) is 2.60. The second kappa shape index (κ2) is 3.99. The van der Waals surface area contributed by atoms with E-state index in [1.54, 1.807) is 0 Å². The number of fused-ring (bicyclic) bond motifs is 3. The van der Waals surface area contributed by atoms with Crippen LogP contribution in [-0.2, 0) is 6.42 Å². The lowest BCUT2D eigenvalue weighted by Gasteiger charge is -2.19. The summed E-state index contributed by atoms with van der Waals surface area (Å²) in [4.78, 5) is 18.5. The number of aromatic nitrogens is 2. The number of rotatable bonds is 0. The molecule has 0 atom stereocenters. The van der Waals surface area contributed by atoms with Crippen LogP contribution in [0.1, 0.15) is 12.0 Å². The van der Waals surface area contributed by atoms with Crippen LogP contribution >= 0.6 is 27.5 Å². The van der Waals surface area contributed by atoms with Crippen molar-refractivity contribution >= 4 is 38.4 Å². The molecule has 17 heavy (non-hydrogen) atoms. The largest absolute Gasteiger partial charge is 0.492 e. The first kappa shape index (κ1) is 11.0. The van der Waals surface area contributed by atoms with E-state index in [1.165, 1.54) is 0 Å². The average Bonchev–Trinajstić information content (AvgIpc) is 2.28. The minimum atomic E-state index is -0.259. The molecule has 4 nitrogen and oxygen atoms in total. The fourth-order valence-corrected chi connectivity index (χ4v) is 2.84. The Morgan fingerprint density at radius 2 is 2.35 bits per heavy atom. The molecule has 6 heteroatoms. The Labute approximate surface area is 110 Å². The molecule has 2 aromatic rings. The topological polar surface area (TPSA) is 55.0 Å². The first-order valence-electron chi connectivity index (χ1n) is 5.20. The van der Waals surface area contributed by atoms with Gasteiger partial charge in [-0.15, -0.1) is 0 Å². The van der Waals surface area contributed by atoms with Crippen LogP contribution < -0.4 is 10.3 Å². The molecule has 0 aliphatic carbocycles. The summed E-state index contributed by atoms with van der Waals surface area (Å²) in [5.74, 6) is 0.631. The van der Waals surface area contributed by atoms with Crippen LogP contribution in [0.3, 0.4) is 0 Å². The zero-order valence-corrected chi connectivity index (χ0v) is 11.1. The molecule has 0 saturated carbocycles. The first-order valence-corrected chi connectivity index (χ1v) is 6.37. The van der Waals surface area contributed by atoms with E-state index < -0.39 is 0 Å². The van der Waals surface area contributed by atoms with E-state index in [2.05, 4.69) is 25.9 Å². The van der Waals surface area contributed by atoms with Crippen molar-refractivity contribution in [2.75, 3.05) is 6.61 Å². The van der Waals surface area contributed by atoms with Crippen LogP contribution in [0, 0.1) is 0 Å². The van der Waals surface area contributed by atoms with Crippen molar-refractivity contribution in [1.82, 2.24) is 9.97 Å². The molecule has 0 saturated heterocycles. The zero-order valence-electron chi connectivity index (χ0n) is 8.72. The number of hydrogen-bond acceptors (Lipinski definition) is 3. The summed E-state index contributed by atoms with van der Waals surface area (Å²) < 4.78 is 6.52. The highest BCUT2D eigenvalue weighted by molar-refractivity contribution is 9.10. The fraction of sp³-hybridized carbons (Fsp3) is 0.273. The molecule has 0 amide bonds. The number of benzene rings is 1.